The molecule has 2 N–H and O–H groups in total. The van der Waals surface area contributed by atoms with Crippen molar-refractivity contribution in [2.24, 2.45) is 17.6 Å². The van der Waals surface area contributed by atoms with Gasteiger partial charge in [0.1, 0.15) is 6.61 Å². The average Bonchev–Trinajstić information content (AvgIpc) is 2.42. The largest absolute Gasteiger partial charge is 0.411 e. The summed E-state index contributed by atoms with van der Waals surface area (Å²) in [5.41, 5.74) is 5.57. The molecular weight excluding hydrogens is 283 g/mol. The summed E-state index contributed by atoms with van der Waals surface area (Å²) in [7, 11) is 0. The molecule has 0 aromatic rings. The van der Waals surface area contributed by atoms with Crippen LogP contribution in [0.5, 0.6) is 0 Å². The number of halogens is 3. The normalized spacial score (nSPS) is 27.3. The molecule has 0 unspecified atom stereocenters. The first-order valence-corrected chi connectivity index (χ1v) is 7.76. The lowest BCUT2D eigenvalue weighted by molar-refractivity contribution is -0.175. The van der Waals surface area contributed by atoms with Gasteiger partial charge in [-0.15, -0.1) is 0 Å². The third-order valence-electron chi connectivity index (χ3n) is 4.36. The fourth-order valence-electron chi connectivity index (χ4n) is 2.88. The molecule has 0 amide bonds. The van der Waals surface area contributed by atoms with Gasteiger partial charge >= 0.3 is 6.18 Å². The molecule has 3 nitrogen and oxygen atoms in total. The molecule has 0 atom stereocenters. The standard InChI is InChI=1S/C15H28F3NO2/c1-12(2)13-4-6-14(10-19,7-5-13)21-9-3-8-20-11-15(16,17)18/h12-13H,3-11,19H2,1-2H3. The van der Waals surface area contributed by atoms with Crippen molar-refractivity contribution >= 4 is 0 Å². The van der Waals surface area contributed by atoms with Gasteiger partial charge in [0.25, 0.3) is 0 Å². The van der Waals surface area contributed by atoms with Crippen molar-refractivity contribution in [3.8, 4) is 0 Å². The van der Waals surface area contributed by atoms with Crippen molar-refractivity contribution in [1.82, 2.24) is 0 Å². The van der Waals surface area contributed by atoms with E-state index >= 15 is 0 Å². The lowest BCUT2D eigenvalue weighted by Gasteiger charge is -2.40. The van der Waals surface area contributed by atoms with Gasteiger partial charge < -0.3 is 15.2 Å². The van der Waals surface area contributed by atoms with Gasteiger partial charge in [-0.05, 0) is 43.9 Å². The maximum atomic E-state index is 11.9. The topological polar surface area (TPSA) is 44.5 Å². The number of alkyl halides is 3. The second-order valence-electron chi connectivity index (χ2n) is 6.34. The number of ether oxygens (including phenoxy) is 2. The van der Waals surface area contributed by atoms with E-state index < -0.39 is 12.8 Å². The van der Waals surface area contributed by atoms with E-state index in [-0.39, 0.29) is 12.2 Å². The van der Waals surface area contributed by atoms with Crippen LogP contribution >= 0.6 is 0 Å². The van der Waals surface area contributed by atoms with Gasteiger partial charge in [0.2, 0.25) is 0 Å². The lowest BCUT2D eigenvalue weighted by Crippen LogP contribution is -2.44. The Labute approximate surface area is 125 Å². The second-order valence-corrected chi connectivity index (χ2v) is 6.34. The highest BCUT2D eigenvalue weighted by atomic mass is 19.4. The first kappa shape index (κ1) is 18.7. The van der Waals surface area contributed by atoms with E-state index in [1.165, 1.54) is 0 Å². The molecule has 1 aliphatic carbocycles. The van der Waals surface area contributed by atoms with Crippen LogP contribution in [0.15, 0.2) is 0 Å². The van der Waals surface area contributed by atoms with Crippen LogP contribution in [0, 0.1) is 11.8 Å². The number of hydrogen-bond donors (Lipinski definition) is 1. The fourth-order valence-corrected chi connectivity index (χ4v) is 2.88. The van der Waals surface area contributed by atoms with Crippen LogP contribution in [0.4, 0.5) is 13.2 Å². The van der Waals surface area contributed by atoms with Gasteiger partial charge in [0.05, 0.1) is 5.60 Å². The summed E-state index contributed by atoms with van der Waals surface area (Å²) in [6, 6.07) is 0. The van der Waals surface area contributed by atoms with Crippen molar-refractivity contribution in [1.29, 1.82) is 0 Å². The Morgan fingerprint density at radius 3 is 2.29 bits per heavy atom. The van der Waals surface area contributed by atoms with Crippen LogP contribution in [-0.2, 0) is 9.47 Å². The third-order valence-corrected chi connectivity index (χ3v) is 4.36. The van der Waals surface area contributed by atoms with Crippen molar-refractivity contribution in [2.75, 3.05) is 26.4 Å². The first-order chi connectivity index (χ1) is 9.78. The first-order valence-electron chi connectivity index (χ1n) is 7.76. The van der Waals surface area contributed by atoms with Crippen molar-refractivity contribution in [3.05, 3.63) is 0 Å². The average molecular weight is 311 g/mol. The van der Waals surface area contributed by atoms with E-state index in [2.05, 4.69) is 18.6 Å². The van der Waals surface area contributed by atoms with E-state index in [4.69, 9.17) is 10.5 Å². The van der Waals surface area contributed by atoms with Crippen LogP contribution < -0.4 is 5.73 Å². The van der Waals surface area contributed by atoms with Gasteiger partial charge in [-0.3, -0.25) is 0 Å². The summed E-state index contributed by atoms with van der Waals surface area (Å²) in [5, 5.41) is 0. The van der Waals surface area contributed by atoms with Crippen LogP contribution in [0.1, 0.15) is 46.0 Å². The monoisotopic (exact) mass is 311 g/mol. The second kappa shape index (κ2) is 8.34. The predicted molar refractivity (Wildman–Crippen MR) is 76.0 cm³/mol. The molecule has 126 valence electrons. The van der Waals surface area contributed by atoms with E-state index in [0.29, 0.717) is 25.5 Å². The quantitative estimate of drug-likeness (QED) is 0.698. The molecule has 1 rings (SSSR count). The van der Waals surface area contributed by atoms with Crippen molar-refractivity contribution in [2.45, 2.75) is 57.7 Å². The van der Waals surface area contributed by atoms with E-state index in [1.54, 1.807) is 0 Å². The summed E-state index contributed by atoms with van der Waals surface area (Å²) >= 11 is 0. The number of rotatable bonds is 8. The van der Waals surface area contributed by atoms with Crippen LogP contribution in [0.2, 0.25) is 0 Å². The highest BCUT2D eigenvalue weighted by Crippen LogP contribution is 2.37. The highest BCUT2D eigenvalue weighted by molar-refractivity contribution is 4.89. The molecule has 1 aliphatic rings. The number of nitrogens with two attached hydrogens (primary N) is 1. The van der Waals surface area contributed by atoms with Crippen LogP contribution in [0.3, 0.4) is 0 Å². The molecule has 0 heterocycles. The Morgan fingerprint density at radius 1 is 1.19 bits per heavy atom. The Balaban J connectivity index is 2.20. The molecule has 1 saturated carbocycles. The summed E-state index contributed by atoms with van der Waals surface area (Å²) in [6.07, 6.45) is 0.310. The Hall–Kier alpha value is -0.330. The summed E-state index contributed by atoms with van der Waals surface area (Å²) in [6.45, 7) is 4.22. The summed E-state index contributed by atoms with van der Waals surface area (Å²) in [5.74, 6) is 1.40. The highest BCUT2D eigenvalue weighted by Gasteiger charge is 2.35. The van der Waals surface area contributed by atoms with Gasteiger partial charge in [0.15, 0.2) is 0 Å². The van der Waals surface area contributed by atoms with E-state index in [1.807, 2.05) is 0 Å². The van der Waals surface area contributed by atoms with Crippen LogP contribution in [0.25, 0.3) is 0 Å². The van der Waals surface area contributed by atoms with Crippen molar-refractivity contribution < 1.29 is 22.6 Å². The van der Waals surface area contributed by atoms with Gasteiger partial charge in [-0.25, -0.2) is 0 Å². The Bertz CT molecular complexity index is 287. The SMILES string of the molecule is CC(C)C1CCC(CN)(OCCCOCC(F)(F)F)CC1. The maximum absolute atomic E-state index is 11.9. The van der Waals surface area contributed by atoms with Gasteiger partial charge in [-0.1, -0.05) is 13.8 Å². The van der Waals surface area contributed by atoms with Gasteiger partial charge in [-0.2, -0.15) is 13.2 Å². The van der Waals surface area contributed by atoms with Crippen molar-refractivity contribution in [3.63, 3.8) is 0 Å². The maximum Gasteiger partial charge on any atom is 0.411 e. The molecule has 1 fully saturated rings. The Kier molecular flexibility index (Phi) is 7.44. The molecular formula is C15H28F3NO2. The van der Waals surface area contributed by atoms with E-state index in [0.717, 1.165) is 31.6 Å². The minimum Gasteiger partial charge on any atom is -0.374 e. The third kappa shape index (κ3) is 6.98. The van der Waals surface area contributed by atoms with Gasteiger partial charge in [0, 0.05) is 19.8 Å². The minimum atomic E-state index is -4.26. The molecule has 0 aromatic heterocycles. The molecule has 0 aliphatic heterocycles. The smallest absolute Gasteiger partial charge is 0.374 e. The zero-order valence-corrected chi connectivity index (χ0v) is 13.0. The van der Waals surface area contributed by atoms with Crippen LogP contribution in [-0.4, -0.2) is 38.1 Å². The molecule has 0 bridgehead atoms. The molecule has 0 spiro atoms. The minimum absolute atomic E-state index is 0.0643. The fraction of sp³-hybridized carbons (Fsp3) is 1.00. The molecule has 6 heteroatoms. The summed E-state index contributed by atoms with van der Waals surface area (Å²) < 4.78 is 46.2. The zero-order valence-electron chi connectivity index (χ0n) is 13.0. The summed E-state index contributed by atoms with van der Waals surface area (Å²) in [4.78, 5) is 0. The molecule has 21 heavy (non-hydrogen) atoms. The number of hydrogen-bond acceptors (Lipinski definition) is 3. The molecule has 0 radical (unpaired) electrons. The predicted octanol–water partition coefficient (Wildman–Crippen LogP) is 3.52. The molecule has 0 aromatic carbocycles. The molecule has 0 saturated heterocycles. The lowest BCUT2D eigenvalue weighted by atomic mass is 9.74. The van der Waals surface area contributed by atoms with E-state index in [9.17, 15) is 13.2 Å². The Morgan fingerprint density at radius 2 is 1.81 bits per heavy atom. The zero-order chi connectivity index (χ0) is 15.9.